The number of aromatic nitrogens is 2. The molecule has 1 heterocycles. The van der Waals surface area contributed by atoms with Gasteiger partial charge in [0.15, 0.2) is 0 Å². The van der Waals surface area contributed by atoms with Gasteiger partial charge in [-0.05, 0) is 23.8 Å². The van der Waals surface area contributed by atoms with Gasteiger partial charge in [0.05, 0.1) is 0 Å². The maximum atomic E-state index is 4.40. The number of hydrogen-bond donors (Lipinski definition) is 1. The highest BCUT2D eigenvalue weighted by Crippen LogP contribution is 2.16. The Morgan fingerprint density at radius 3 is 2.89 bits per heavy atom. The second-order valence-corrected chi connectivity index (χ2v) is 4.89. The minimum Gasteiger partial charge on any atom is -0.357 e. The predicted molar refractivity (Wildman–Crippen MR) is 77.8 cm³/mol. The first kappa shape index (κ1) is 12.8. The van der Waals surface area contributed by atoms with Crippen LogP contribution in [0.5, 0.6) is 0 Å². The summed E-state index contributed by atoms with van der Waals surface area (Å²) in [6, 6.07) is 10.2. The van der Waals surface area contributed by atoms with E-state index in [-0.39, 0.29) is 0 Å². The second-order valence-electron chi connectivity index (χ2n) is 3.97. The molecule has 0 fully saturated rings. The van der Waals surface area contributed by atoms with E-state index in [0.29, 0.717) is 5.95 Å². The van der Waals surface area contributed by atoms with E-state index < -0.39 is 0 Å². The van der Waals surface area contributed by atoms with E-state index >= 15 is 0 Å². The highest BCUT2D eigenvalue weighted by molar-refractivity contribution is 9.10. The van der Waals surface area contributed by atoms with Gasteiger partial charge in [-0.3, -0.25) is 0 Å². The highest BCUT2D eigenvalue weighted by atomic mass is 79.9. The first-order valence-corrected chi connectivity index (χ1v) is 6.44. The Bertz CT molecular complexity index is 530. The van der Waals surface area contributed by atoms with Crippen molar-refractivity contribution in [3.8, 4) is 0 Å². The first-order valence-electron chi connectivity index (χ1n) is 5.65. The summed E-state index contributed by atoms with van der Waals surface area (Å²) in [5.41, 5.74) is 1.23. The van der Waals surface area contributed by atoms with Gasteiger partial charge in [-0.1, -0.05) is 28.1 Å². The van der Waals surface area contributed by atoms with Crippen LogP contribution in [-0.4, -0.2) is 24.1 Å². The fourth-order valence-electron chi connectivity index (χ4n) is 1.67. The lowest BCUT2D eigenvalue weighted by molar-refractivity contribution is 0.891. The normalized spacial score (nSPS) is 10.2. The molecule has 94 valence electrons. The summed E-state index contributed by atoms with van der Waals surface area (Å²) in [5.74, 6) is 1.53. The van der Waals surface area contributed by atoms with Gasteiger partial charge in [0.2, 0.25) is 5.95 Å². The molecule has 0 saturated heterocycles. The lowest BCUT2D eigenvalue weighted by atomic mass is 10.2. The molecule has 0 aliphatic rings. The largest absolute Gasteiger partial charge is 0.357 e. The molecule has 0 aliphatic heterocycles. The molecule has 0 atom stereocenters. The molecular weight excluding hydrogens is 292 g/mol. The standard InChI is InChI=1S/C13H15BrN4/c1-15-13-16-7-6-12(17-13)18(2)9-10-4-3-5-11(14)8-10/h3-8H,9H2,1-2H3,(H,15,16,17). The number of rotatable bonds is 4. The molecule has 1 N–H and O–H groups in total. The summed E-state index contributed by atoms with van der Waals surface area (Å²) >= 11 is 3.48. The zero-order valence-corrected chi connectivity index (χ0v) is 12.0. The molecule has 0 spiro atoms. The van der Waals surface area contributed by atoms with Crippen molar-refractivity contribution in [3.63, 3.8) is 0 Å². The third kappa shape index (κ3) is 3.20. The van der Waals surface area contributed by atoms with Crippen LogP contribution in [0.2, 0.25) is 0 Å². The van der Waals surface area contributed by atoms with Crippen molar-refractivity contribution >= 4 is 27.7 Å². The van der Waals surface area contributed by atoms with E-state index in [2.05, 4.69) is 48.2 Å². The zero-order valence-electron chi connectivity index (χ0n) is 10.4. The highest BCUT2D eigenvalue weighted by Gasteiger charge is 2.05. The Balaban J connectivity index is 2.13. The smallest absolute Gasteiger partial charge is 0.224 e. The maximum absolute atomic E-state index is 4.40. The van der Waals surface area contributed by atoms with E-state index in [1.807, 2.05) is 32.3 Å². The third-order valence-corrected chi connectivity index (χ3v) is 3.06. The molecule has 1 aromatic carbocycles. The monoisotopic (exact) mass is 306 g/mol. The van der Waals surface area contributed by atoms with Crippen molar-refractivity contribution in [2.24, 2.45) is 0 Å². The molecule has 1 aromatic heterocycles. The van der Waals surface area contributed by atoms with Crippen LogP contribution in [0, 0.1) is 0 Å². The SMILES string of the molecule is CNc1nccc(N(C)Cc2cccc(Br)c2)n1. The fraction of sp³-hybridized carbons (Fsp3) is 0.231. The number of halogens is 1. The molecule has 5 heteroatoms. The lowest BCUT2D eigenvalue weighted by Gasteiger charge is -2.18. The first-order chi connectivity index (χ1) is 8.69. The summed E-state index contributed by atoms with van der Waals surface area (Å²) in [7, 11) is 3.83. The van der Waals surface area contributed by atoms with Gasteiger partial charge in [0, 0.05) is 31.3 Å². The average Bonchev–Trinajstić information content (AvgIpc) is 2.39. The minimum atomic E-state index is 0.633. The topological polar surface area (TPSA) is 41.1 Å². The predicted octanol–water partition coefficient (Wildman–Crippen LogP) is 2.92. The molecule has 0 saturated carbocycles. The van der Waals surface area contributed by atoms with Gasteiger partial charge in [-0.15, -0.1) is 0 Å². The average molecular weight is 307 g/mol. The van der Waals surface area contributed by atoms with Crippen LogP contribution in [0.15, 0.2) is 41.0 Å². The quantitative estimate of drug-likeness (QED) is 0.943. The van der Waals surface area contributed by atoms with Gasteiger partial charge in [0.25, 0.3) is 0 Å². The lowest BCUT2D eigenvalue weighted by Crippen LogP contribution is -2.18. The molecular formula is C13H15BrN4. The van der Waals surface area contributed by atoms with Crippen LogP contribution >= 0.6 is 15.9 Å². The van der Waals surface area contributed by atoms with Crippen LogP contribution in [0.4, 0.5) is 11.8 Å². The van der Waals surface area contributed by atoms with Gasteiger partial charge in [0.1, 0.15) is 5.82 Å². The van der Waals surface area contributed by atoms with Crippen molar-refractivity contribution in [3.05, 3.63) is 46.6 Å². The van der Waals surface area contributed by atoms with Crippen molar-refractivity contribution in [1.82, 2.24) is 9.97 Å². The molecule has 2 rings (SSSR count). The number of nitrogens with zero attached hydrogens (tertiary/aromatic N) is 3. The fourth-order valence-corrected chi connectivity index (χ4v) is 2.12. The van der Waals surface area contributed by atoms with Gasteiger partial charge < -0.3 is 10.2 Å². The minimum absolute atomic E-state index is 0.633. The maximum Gasteiger partial charge on any atom is 0.224 e. The van der Waals surface area contributed by atoms with Gasteiger partial charge in [-0.25, -0.2) is 4.98 Å². The second kappa shape index (κ2) is 5.82. The third-order valence-electron chi connectivity index (χ3n) is 2.56. The molecule has 18 heavy (non-hydrogen) atoms. The Hall–Kier alpha value is -1.62. The number of anilines is 2. The van der Waals surface area contributed by atoms with Crippen LogP contribution < -0.4 is 10.2 Å². The number of nitrogens with one attached hydrogen (secondary N) is 1. The Morgan fingerprint density at radius 1 is 1.33 bits per heavy atom. The molecule has 0 bridgehead atoms. The molecule has 0 radical (unpaired) electrons. The number of benzene rings is 1. The van der Waals surface area contributed by atoms with Crippen molar-refractivity contribution in [2.75, 3.05) is 24.3 Å². The van der Waals surface area contributed by atoms with E-state index in [1.165, 1.54) is 5.56 Å². The Morgan fingerprint density at radius 2 is 2.17 bits per heavy atom. The molecule has 4 nitrogen and oxygen atoms in total. The van der Waals surface area contributed by atoms with Crippen LogP contribution in [0.1, 0.15) is 5.56 Å². The van der Waals surface area contributed by atoms with E-state index in [9.17, 15) is 0 Å². The van der Waals surface area contributed by atoms with Crippen LogP contribution in [0.25, 0.3) is 0 Å². The number of hydrogen-bond acceptors (Lipinski definition) is 4. The summed E-state index contributed by atoms with van der Waals surface area (Å²) in [4.78, 5) is 10.6. The summed E-state index contributed by atoms with van der Waals surface area (Å²) in [6.07, 6.45) is 1.76. The van der Waals surface area contributed by atoms with Crippen LogP contribution in [0.3, 0.4) is 0 Å². The van der Waals surface area contributed by atoms with E-state index in [0.717, 1.165) is 16.8 Å². The molecule has 0 unspecified atom stereocenters. The van der Waals surface area contributed by atoms with Crippen molar-refractivity contribution in [2.45, 2.75) is 6.54 Å². The van der Waals surface area contributed by atoms with Crippen molar-refractivity contribution in [1.29, 1.82) is 0 Å². The Labute approximate surface area is 115 Å². The van der Waals surface area contributed by atoms with Gasteiger partial charge >= 0.3 is 0 Å². The summed E-state index contributed by atoms with van der Waals surface area (Å²) in [6.45, 7) is 0.805. The molecule has 0 amide bonds. The Kier molecular flexibility index (Phi) is 4.15. The summed E-state index contributed by atoms with van der Waals surface area (Å²) < 4.78 is 1.09. The molecule has 0 aliphatic carbocycles. The molecule has 2 aromatic rings. The van der Waals surface area contributed by atoms with Crippen LogP contribution in [-0.2, 0) is 6.54 Å². The van der Waals surface area contributed by atoms with E-state index in [4.69, 9.17) is 0 Å². The van der Waals surface area contributed by atoms with Gasteiger partial charge in [-0.2, -0.15) is 4.98 Å². The zero-order chi connectivity index (χ0) is 13.0. The van der Waals surface area contributed by atoms with Crippen molar-refractivity contribution < 1.29 is 0 Å². The van der Waals surface area contributed by atoms with E-state index in [1.54, 1.807) is 6.20 Å². The summed E-state index contributed by atoms with van der Waals surface area (Å²) in [5, 5.41) is 2.94.